The summed E-state index contributed by atoms with van der Waals surface area (Å²) in [7, 11) is 5.94. The van der Waals surface area contributed by atoms with Crippen molar-refractivity contribution in [2.45, 2.75) is 13.0 Å². The molecule has 21 heavy (non-hydrogen) atoms. The van der Waals surface area contributed by atoms with Crippen LogP contribution in [0.2, 0.25) is 0 Å². The maximum Gasteiger partial charge on any atom is 0.193 e. The minimum absolute atomic E-state index is 0. The van der Waals surface area contributed by atoms with E-state index in [-0.39, 0.29) is 24.0 Å². The van der Waals surface area contributed by atoms with Crippen molar-refractivity contribution in [3.05, 3.63) is 22.4 Å². The van der Waals surface area contributed by atoms with Crippen molar-refractivity contribution < 1.29 is 4.74 Å². The lowest BCUT2D eigenvalue weighted by atomic mass is 10.1. The Labute approximate surface area is 152 Å². The lowest BCUT2D eigenvalue weighted by Crippen LogP contribution is -2.41. The van der Waals surface area contributed by atoms with E-state index in [1.165, 1.54) is 5.69 Å². The zero-order chi connectivity index (χ0) is 14.5. The average Bonchev–Trinajstić information content (AvgIpc) is 3.01. The summed E-state index contributed by atoms with van der Waals surface area (Å²) in [6.45, 7) is 3.49. The molecule has 1 aromatic rings. The van der Waals surface area contributed by atoms with Gasteiger partial charge in [-0.25, -0.2) is 0 Å². The number of aryl methyl sites for hydroxylation is 1. The third-order valence-electron chi connectivity index (χ3n) is 3.62. The second kappa shape index (κ2) is 8.99. The van der Waals surface area contributed by atoms with Crippen molar-refractivity contribution in [3.8, 4) is 0 Å². The predicted molar refractivity (Wildman–Crippen MR) is 100 cm³/mol. The highest BCUT2D eigenvalue weighted by Gasteiger charge is 2.17. The average molecular weight is 471 g/mol. The van der Waals surface area contributed by atoms with Gasteiger partial charge in [0.1, 0.15) is 0 Å². The Morgan fingerprint density at radius 1 is 1.62 bits per heavy atom. The minimum atomic E-state index is 0. The minimum Gasteiger partial charge on any atom is -0.381 e. The first-order chi connectivity index (χ1) is 9.60. The van der Waals surface area contributed by atoms with Crippen LogP contribution in [0.25, 0.3) is 0 Å². The van der Waals surface area contributed by atoms with Gasteiger partial charge in [0, 0.05) is 56.6 Å². The van der Waals surface area contributed by atoms with Gasteiger partial charge < -0.3 is 19.5 Å². The van der Waals surface area contributed by atoms with E-state index in [0.29, 0.717) is 5.92 Å². The molecule has 0 aliphatic carbocycles. The Bertz CT molecular complexity index is 472. The molecule has 1 fully saturated rings. The highest BCUT2D eigenvalue weighted by molar-refractivity contribution is 14.0. The summed E-state index contributed by atoms with van der Waals surface area (Å²) in [5, 5.41) is 3.43. The number of nitrogens with zero attached hydrogens (tertiary/aromatic N) is 3. The fraction of sp³-hybridized carbons (Fsp3) is 0.643. The molecule has 0 amide bonds. The van der Waals surface area contributed by atoms with Gasteiger partial charge in [-0.15, -0.1) is 24.0 Å². The highest BCUT2D eigenvalue weighted by Crippen LogP contribution is 2.15. The Morgan fingerprint density at radius 2 is 2.38 bits per heavy atom. The topological polar surface area (TPSA) is 41.8 Å². The fourth-order valence-corrected chi connectivity index (χ4v) is 2.98. The standard InChI is InChI=1S/C14H23BrN4O.HI/c1-16-14(17-7-11-4-5-20-10-11)19(3)9-13-6-12(15)8-18(13)2;/h6,8,11H,4-5,7,9-10H2,1-3H3,(H,16,17);1H. The zero-order valence-corrected chi connectivity index (χ0v) is 16.7. The first-order valence-corrected chi connectivity index (χ1v) is 7.69. The summed E-state index contributed by atoms with van der Waals surface area (Å²) in [4.78, 5) is 6.49. The normalized spacial score (nSPS) is 18.5. The van der Waals surface area contributed by atoms with Crippen LogP contribution in [0.1, 0.15) is 12.1 Å². The van der Waals surface area contributed by atoms with E-state index in [0.717, 1.165) is 43.2 Å². The van der Waals surface area contributed by atoms with Gasteiger partial charge in [0.2, 0.25) is 0 Å². The van der Waals surface area contributed by atoms with Crippen LogP contribution in [0.15, 0.2) is 21.7 Å². The van der Waals surface area contributed by atoms with Crippen molar-refractivity contribution in [1.29, 1.82) is 0 Å². The summed E-state index contributed by atoms with van der Waals surface area (Å²) in [6.07, 6.45) is 3.20. The molecule has 0 bridgehead atoms. The SMILES string of the molecule is CN=C(NCC1CCOC1)N(C)Cc1cc(Br)cn1C.I. The number of guanidine groups is 1. The highest BCUT2D eigenvalue weighted by atomic mass is 127. The van der Waals surface area contributed by atoms with E-state index in [2.05, 4.69) is 62.1 Å². The molecular formula is C14H24BrIN4O. The van der Waals surface area contributed by atoms with E-state index in [1.807, 2.05) is 7.05 Å². The Morgan fingerprint density at radius 3 is 2.90 bits per heavy atom. The van der Waals surface area contributed by atoms with Crippen LogP contribution >= 0.6 is 39.9 Å². The van der Waals surface area contributed by atoms with Gasteiger partial charge in [-0.1, -0.05) is 0 Å². The zero-order valence-electron chi connectivity index (χ0n) is 12.8. The van der Waals surface area contributed by atoms with E-state index in [4.69, 9.17) is 4.74 Å². The molecule has 7 heteroatoms. The molecule has 0 radical (unpaired) electrons. The fourth-order valence-electron chi connectivity index (χ4n) is 2.41. The molecule has 5 nitrogen and oxygen atoms in total. The molecule has 1 aromatic heterocycles. The van der Waals surface area contributed by atoms with Crippen LogP contribution in [0, 0.1) is 5.92 Å². The van der Waals surface area contributed by atoms with Crippen molar-refractivity contribution >= 4 is 45.9 Å². The van der Waals surface area contributed by atoms with Crippen LogP contribution in [0.5, 0.6) is 0 Å². The van der Waals surface area contributed by atoms with Crippen LogP contribution in [-0.2, 0) is 18.3 Å². The Hall–Kier alpha value is -0.280. The smallest absolute Gasteiger partial charge is 0.193 e. The van der Waals surface area contributed by atoms with Crippen LogP contribution < -0.4 is 5.32 Å². The summed E-state index contributed by atoms with van der Waals surface area (Å²) < 4.78 is 8.63. The number of nitrogens with one attached hydrogen (secondary N) is 1. The van der Waals surface area contributed by atoms with E-state index in [1.54, 1.807) is 0 Å². The van der Waals surface area contributed by atoms with Gasteiger partial charge in [-0.2, -0.15) is 0 Å². The molecule has 1 aliphatic heterocycles. The molecule has 1 aliphatic rings. The van der Waals surface area contributed by atoms with Crippen LogP contribution in [0.4, 0.5) is 0 Å². The van der Waals surface area contributed by atoms with Gasteiger partial charge in [-0.3, -0.25) is 4.99 Å². The van der Waals surface area contributed by atoms with Crippen molar-refractivity contribution in [3.63, 3.8) is 0 Å². The maximum absolute atomic E-state index is 5.40. The summed E-state index contributed by atoms with van der Waals surface area (Å²) in [5.74, 6) is 1.53. The predicted octanol–water partition coefficient (Wildman–Crippen LogP) is 2.45. The van der Waals surface area contributed by atoms with Crippen LogP contribution in [0.3, 0.4) is 0 Å². The van der Waals surface area contributed by atoms with Gasteiger partial charge >= 0.3 is 0 Å². The quantitative estimate of drug-likeness (QED) is 0.417. The first-order valence-electron chi connectivity index (χ1n) is 6.90. The van der Waals surface area contributed by atoms with Gasteiger partial charge in [0.25, 0.3) is 0 Å². The molecule has 1 saturated heterocycles. The first kappa shape index (κ1) is 18.8. The lowest BCUT2D eigenvalue weighted by molar-refractivity contribution is 0.186. The lowest BCUT2D eigenvalue weighted by Gasteiger charge is -2.23. The molecule has 1 atom stereocenters. The third kappa shape index (κ3) is 5.45. The number of rotatable bonds is 4. The van der Waals surface area contributed by atoms with Crippen LogP contribution in [-0.4, -0.2) is 49.3 Å². The number of halogens is 2. The molecule has 0 aromatic carbocycles. The summed E-state index contributed by atoms with van der Waals surface area (Å²) in [5.41, 5.74) is 1.24. The molecule has 2 rings (SSSR count). The number of hydrogen-bond donors (Lipinski definition) is 1. The van der Waals surface area contributed by atoms with Crippen molar-refractivity contribution in [2.24, 2.45) is 18.0 Å². The summed E-state index contributed by atoms with van der Waals surface area (Å²) >= 11 is 3.50. The largest absolute Gasteiger partial charge is 0.381 e. The Balaban J connectivity index is 0.00000220. The number of ether oxygens (including phenoxy) is 1. The molecule has 0 spiro atoms. The molecule has 0 saturated carbocycles. The number of aliphatic imine (C=N–C) groups is 1. The van der Waals surface area contributed by atoms with Gasteiger partial charge in [0.15, 0.2) is 5.96 Å². The number of hydrogen-bond acceptors (Lipinski definition) is 2. The maximum atomic E-state index is 5.40. The molecular weight excluding hydrogens is 447 g/mol. The molecule has 2 heterocycles. The van der Waals surface area contributed by atoms with E-state index < -0.39 is 0 Å². The van der Waals surface area contributed by atoms with E-state index in [9.17, 15) is 0 Å². The molecule has 1 N–H and O–H groups in total. The molecule has 120 valence electrons. The summed E-state index contributed by atoms with van der Waals surface area (Å²) in [6, 6.07) is 2.13. The van der Waals surface area contributed by atoms with E-state index >= 15 is 0 Å². The third-order valence-corrected chi connectivity index (χ3v) is 4.05. The van der Waals surface area contributed by atoms with Gasteiger partial charge in [-0.05, 0) is 28.4 Å². The second-order valence-corrected chi connectivity index (χ2v) is 6.19. The number of aromatic nitrogens is 1. The monoisotopic (exact) mass is 470 g/mol. The van der Waals surface area contributed by atoms with Gasteiger partial charge in [0.05, 0.1) is 13.2 Å². The Kier molecular flexibility index (Phi) is 8.04. The van der Waals surface area contributed by atoms with Crippen molar-refractivity contribution in [1.82, 2.24) is 14.8 Å². The second-order valence-electron chi connectivity index (χ2n) is 5.27. The molecule has 1 unspecified atom stereocenters. The van der Waals surface area contributed by atoms with Crippen molar-refractivity contribution in [2.75, 3.05) is 33.9 Å².